The fraction of sp³-hybridized carbons (Fsp3) is 0.381. The van der Waals surface area contributed by atoms with E-state index in [1.807, 2.05) is 0 Å². The van der Waals surface area contributed by atoms with Gasteiger partial charge in [-0.15, -0.1) is 0 Å². The van der Waals surface area contributed by atoms with E-state index in [1.54, 1.807) is 12.1 Å². The Labute approximate surface area is 164 Å². The molecule has 142 valence electrons. The molecule has 1 aromatic heterocycles. The van der Waals surface area contributed by atoms with Gasteiger partial charge in [0.05, 0.1) is 22.6 Å². The predicted molar refractivity (Wildman–Crippen MR) is 109 cm³/mol. The summed E-state index contributed by atoms with van der Waals surface area (Å²) in [5.74, 6) is 0.584. The van der Waals surface area contributed by atoms with Crippen molar-refractivity contribution in [3.63, 3.8) is 0 Å². The van der Waals surface area contributed by atoms with Gasteiger partial charge in [0.2, 0.25) is 5.95 Å². The number of nitrogens with zero attached hydrogens (tertiary/aromatic N) is 3. The Balaban J connectivity index is 1.82. The number of hydrogen-bond donors (Lipinski definition) is 1. The first-order valence-corrected chi connectivity index (χ1v) is 9.78. The van der Waals surface area contributed by atoms with E-state index in [9.17, 15) is 4.39 Å². The molecule has 0 amide bonds. The highest BCUT2D eigenvalue weighted by molar-refractivity contribution is 6.30. The molecule has 27 heavy (non-hydrogen) atoms. The molecule has 4 nitrogen and oxygen atoms in total. The van der Waals surface area contributed by atoms with Crippen LogP contribution in [0, 0.1) is 19.7 Å². The van der Waals surface area contributed by atoms with Crippen molar-refractivity contribution >= 4 is 28.6 Å². The third-order valence-electron chi connectivity index (χ3n) is 5.29. The maximum Gasteiger partial charge on any atom is 0.206 e. The highest BCUT2D eigenvalue weighted by Gasteiger charge is 2.19. The lowest BCUT2D eigenvalue weighted by Gasteiger charge is -2.22. The molecule has 0 spiro atoms. The van der Waals surface area contributed by atoms with E-state index in [2.05, 4.69) is 40.8 Å². The van der Waals surface area contributed by atoms with Crippen LogP contribution < -0.4 is 10.2 Å². The molecule has 0 radical (unpaired) electrons. The van der Waals surface area contributed by atoms with Crippen LogP contribution in [0.25, 0.3) is 11.0 Å². The second-order valence-electron chi connectivity index (χ2n) is 7.26. The van der Waals surface area contributed by atoms with Gasteiger partial charge < -0.3 is 14.8 Å². The van der Waals surface area contributed by atoms with Crippen LogP contribution in [0.5, 0.6) is 0 Å². The normalized spacial score (nSPS) is 15.3. The average molecular weight is 387 g/mol. The summed E-state index contributed by atoms with van der Waals surface area (Å²) in [7, 11) is 0. The summed E-state index contributed by atoms with van der Waals surface area (Å²) >= 11 is 6.01. The van der Waals surface area contributed by atoms with Crippen molar-refractivity contribution in [3.05, 3.63) is 57.9 Å². The monoisotopic (exact) mass is 386 g/mol. The van der Waals surface area contributed by atoms with E-state index in [0.29, 0.717) is 6.54 Å². The van der Waals surface area contributed by atoms with Crippen LogP contribution in [-0.4, -0.2) is 35.7 Å². The zero-order chi connectivity index (χ0) is 19.0. The molecule has 1 fully saturated rings. The molecule has 0 saturated carbocycles. The quantitative estimate of drug-likeness (QED) is 0.728. The molecule has 1 saturated heterocycles. The number of rotatable bonds is 3. The Kier molecular flexibility index (Phi) is 5.06. The molecule has 1 N–H and O–H groups in total. The zero-order valence-corrected chi connectivity index (χ0v) is 16.5. The van der Waals surface area contributed by atoms with Crippen LogP contribution in [0.2, 0.25) is 5.02 Å². The summed E-state index contributed by atoms with van der Waals surface area (Å²) in [4.78, 5) is 7.31. The Bertz CT molecular complexity index is 974. The van der Waals surface area contributed by atoms with Crippen LogP contribution in [-0.2, 0) is 6.54 Å². The number of benzene rings is 2. The Morgan fingerprint density at radius 2 is 1.93 bits per heavy atom. The van der Waals surface area contributed by atoms with Crippen molar-refractivity contribution < 1.29 is 4.39 Å². The molecule has 0 atom stereocenters. The van der Waals surface area contributed by atoms with E-state index >= 15 is 0 Å². The number of halogens is 2. The molecule has 0 bridgehead atoms. The van der Waals surface area contributed by atoms with Gasteiger partial charge in [-0.25, -0.2) is 9.37 Å². The summed E-state index contributed by atoms with van der Waals surface area (Å²) in [6, 6.07) is 9.28. The molecular weight excluding hydrogens is 363 g/mol. The van der Waals surface area contributed by atoms with E-state index in [1.165, 1.54) is 17.2 Å². The predicted octanol–water partition coefficient (Wildman–Crippen LogP) is 4.29. The van der Waals surface area contributed by atoms with E-state index in [0.717, 1.165) is 55.1 Å². The van der Waals surface area contributed by atoms with Gasteiger partial charge in [0.1, 0.15) is 5.82 Å². The molecule has 1 aliphatic heterocycles. The van der Waals surface area contributed by atoms with E-state index in [-0.39, 0.29) is 10.8 Å². The van der Waals surface area contributed by atoms with Crippen molar-refractivity contribution in [2.75, 3.05) is 31.1 Å². The first-order chi connectivity index (χ1) is 13.0. The Morgan fingerprint density at radius 3 is 2.74 bits per heavy atom. The third-order valence-corrected chi connectivity index (χ3v) is 5.58. The maximum absolute atomic E-state index is 13.6. The van der Waals surface area contributed by atoms with Gasteiger partial charge >= 0.3 is 0 Å². The van der Waals surface area contributed by atoms with Crippen molar-refractivity contribution in [1.29, 1.82) is 0 Å². The van der Waals surface area contributed by atoms with Crippen LogP contribution >= 0.6 is 11.6 Å². The average Bonchev–Trinajstić information content (AvgIpc) is 2.83. The van der Waals surface area contributed by atoms with Gasteiger partial charge in [0.25, 0.3) is 0 Å². The summed E-state index contributed by atoms with van der Waals surface area (Å²) in [6.07, 6.45) is 1.09. The summed E-state index contributed by atoms with van der Waals surface area (Å²) in [5.41, 5.74) is 5.54. The standard InChI is InChI=1S/C21H24ClFN4/c1-14-10-19-20(11-15(14)2)27(13-16-4-5-18(23)17(22)12-16)21(25-19)26-8-3-6-24-7-9-26/h4-5,10-12,24H,3,6-9,13H2,1-2H3. The fourth-order valence-electron chi connectivity index (χ4n) is 3.63. The molecular formula is C21H24ClFN4. The topological polar surface area (TPSA) is 33.1 Å². The van der Waals surface area contributed by atoms with Gasteiger partial charge in [-0.05, 0) is 67.8 Å². The van der Waals surface area contributed by atoms with Crippen molar-refractivity contribution in [3.8, 4) is 0 Å². The molecule has 0 aliphatic carbocycles. The zero-order valence-electron chi connectivity index (χ0n) is 15.7. The smallest absolute Gasteiger partial charge is 0.206 e. The number of aromatic nitrogens is 2. The Morgan fingerprint density at radius 1 is 1.11 bits per heavy atom. The van der Waals surface area contributed by atoms with Crippen LogP contribution in [0.1, 0.15) is 23.1 Å². The molecule has 2 heterocycles. The van der Waals surface area contributed by atoms with Crippen molar-refractivity contribution in [1.82, 2.24) is 14.9 Å². The third kappa shape index (κ3) is 3.66. The van der Waals surface area contributed by atoms with Crippen LogP contribution in [0.4, 0.5) is 10.3 Å². The minimum atomic E-state index is -0.388. The molecule has 2 aromatic carbocycles. The maximum atomic E-state index is 13.6. The summed E-state index contributed by atoms with van der Waals surface area (Å²) < 4.78 is 15.8. The number of hydrogen-bond acceptors (Lipinski definition) is 3. The molecule has 0 unspecified atom stereocenters. The van der Waals surface area contributed by atoms with Gasteiger partial charge in [-0.1, -0.05) is 17.7 Å². The van der Waals surface area contributed by atoms with Crippen LogP contribution in [0.15, 0.2) is 30.3 Å². The number of anilines is 1. The van der Waals surface area contributed by atoms with E-state index < -0.39 is 0 Å². The molecule has 1 aliphatic rings. The van der Waals surface area contributed by atoms with Gasteiger partial charge in [0, 0.05) is 19.6 Å². The second kappa shape index (κ2) is 7.49. The molecule has 4 rings (SSSR count). The second-order valence-corrected chi connectivity index (χ2v) is 7.67. The fourth-order valence-corrected chi connectivity index (χ4v) is 3.83. The van der Waals surface area contributed by atoms with Gasteiger partial charge in [-0.2, -0.15) is 0 Å². The first kappa shape index (κ1) is 18.3. The lowest BCUT2D eigenvalue weighted by atomic mass is 10.1. The highest BCUT2D eigenvalue weighted by Crippen LogP contribution is 2.28. The minimum absolute atomic E-state index is 0.157. The number of nitrogens with one attached hydrogen (secondary N) is 1. The van der Waals surface area contributed by atoms with Crippen molar-refractivity contribution in [2.24, 2.45) is 0 Å². The SMILES string of the molecule is Cc1cc2nc(N3CCCNCC3)n(Cc3ccc(F)c(Cl)c3)c2cc1C. The first-order valence-electron chi connectivity index (χ1n) is 9.40. The van der Waals surface area contributed by atoms with Crippen LogP contribution in [0.3, 0.4) is 0 Å². The minimum Gasteiger partial charge on any atom is -0.341 e. The molecule has 3 aromatic rings. The largest absolute Gasteiger partial charge is 0.341 e. The summed E-state index contributed by atoms with van der Waals surface area (Å²) in [5, 5.41) is 3.60. The number of fused-ring (bicyclic) bond motifs is 1. The number of aryl methyl sites for hydroxylation is 2. The van der Waals surface area contributed by atoms with Gasteiger partial charge in [0.15, 0.2) is 0 Å². The van der Waals surface area contributed by atoms with Gasteiger partial charge in [-0.3, -0.25) is 0 Å². The Hall–Kier alpha value is -2.11. The summed E-state index contributed by atoms with van der Waals surface area (Å²) in [6.45, 7) is 8.72. The lowest BCUT2D eigenvalue weighted by molar-refractivity contribution is 0.626. The lowest BCUT2D eigenvalue weighted by Crippen LogP contribution is -2.30. The highest BCUT2D eigenvalue weighted by atomic mass is 35.5. The molecule has 6 heteroatoms. The van der Waals surface area contributed by atoms with Crippen molar-refractivity contribution in [2.45, 2.75) is 26.8 Å². The van der Waals surface area contributed by atoms with E-state index in [4.69, 9.17) is 16.6 Å². The number of imidazole rings is 1.